The van der Waals surface area contributed by atoms with Crippen molar-refractivity contribution >= 4 is 17.7 Å². The van der Waals surface area contributed by atoms with Gasteiger partial charge in [-0.2, -0.15) is 0 Å². The fourth-order valence-electron chi connectivity index (χ4n) is 2.59. The Balaban J connectivity index is 1.54. The third kappa shape index (κ3) is 3.32. The van der Waals surface area contributed by atoms with E-state index in [2.05, 4.69) is 10.2 Å². The van der Waals surface area contributed by atoms with Crippen LogP contribution in [-0.2, 0) is 4.74 Å². The zero-order valence-electron chi connectivity index (χ0n) is 12.7. The lowest BCUT2D eigenvalue weighted by Gasteiger charge is -2.36. The largest absolute Gasteiger partial charge is 0.465 e. The van der Waals surface area contributed by atoms with E-state index >= 15 is 0 Å². The lowest BCUT2D eigenvalue weighted by molar-refractivity contribution is 0.0600. The minimum Gasteiger partial charge on any atom is -0.465 e. The van der Waals surface area contributed by atoms with Gasteiger partial charge in [-0.1, -0.05) is 0 Å². The highest BCUT2D eigenvalue weighted by Crippen LogP contribution is 2.20. The maximum atomic E-state index is 12.0. The smallest absolute Gasteiger partial charge is 0.337 e. The number of rotatable bonds is 3. The average Bonchev–Trinajstić information content (AvgIpc) is 3.38. The average molecular weight is 303 g/mol. The number of carbonyl (C=O) groups is 2. The first kappa shape index (κ1) is 14.7. The Bertz CT molecular complexity index is 546. The van der Waals surface area contributed by atoms with Gasteiger partial charge in [0.2, 0.25) is 0 Å². The second-order valence-electron chi connectivity index (χ2n) is 5.74. The van der Waals surface area contributed by atoms with Crippen molar-refractivity contribution in [3.05, 3.63) is 29.8 Å². The first-order chi connectivity index (χ1) is 10.7. The molecule has 0 bridgehead atoms. The number of ether oxygens (including phenoxy) is 1. The quantitative estimate of drug-likeness (QED) is 0.859. The van der Waals surface area contributed by atoms with Gasteiger partial charge in [-0.15, -0.1) is 0 Å². The minimum atomic E-state index is -0.326. The molecule has 0 atom stereocenters. The molecule has 0 aromatic heterocycles. The zero-order valence-corrected chi connectivity index (χ0v) is 12.7. The van der Waals surface area contributed by atoms with Crippen LogP contribution in [0.4, 0.5) is 10.5 Å². The first-order valence-corrected chi connectivity index (χ1v) is 7.66. The van der Waals surface area contributed by atoms with Crippen LogP contribution in [0.3, 0.4) is 0 Å². The molecule has 2 fully saturated rings. The Labute approximate surface area is 130 Å². The molecule has 6 heteroatoms. The molecule has 0 spiro atoms. The van der Waals surface area contributed by atoms with Crippen molar-refractivity contribution in [1.82, 2.24) is 10.2 Å². The Morgan fingerprint density at radius 3 is 2.27 bits per heavy atom. The fourth-order valence-corrected chi connectivity index (χ4v) is 2.59. The SMILES string of the molecule is COC(=O)c1ccc(N2CCN(C(=O)NC3CC3)CC2)cc1. The number of piperazine rings is 1. The molecule has 6 nitrogen and oxygen atoms in total. The number of anilines is 1. The van der Waals surface area contributed by atoms with Gasteiger partial charge in [-0.3, -0.25) is 0 Å². The van der Waals surface area contributed by atoms with Crippen LogP contribution in [0.5, 0.6) is 0 Å². The predicted octanol–water partition coefficient (Wildman–Crippen LogP) is 1.47. The highest BCUT2D eigenvalue weighted by atomic mass is 16.5. The third-order valence-electron chi connectivity index (χ3n) is 4.13. The standard InChI is InChI=1S/C16H21N3O3/c1-22-15(20)12-2-6-14(7-3-12)18-8-10-19(11-9-18)16(21)17-13-4-5-13/h2-3,6-7,13H,4-5,8-11H2,1H3,(H,17,21). The molecule has 0 radical (unpaired) electrons. The van der Waals surface area contributed by atoms with Crippen molar-refractivity contribution in [2.24, 2.45) is 0 Å². The molecule has 2 aliphatic rings. The van der Waals surface area contributed by atoms with Crippen molar-refractivity contribution in [3.63, 3.8) is 0 Å². The van der Waals surface area contributed by atoms with Crippen molar-refractivity contribution in [1.29, 1.82) is 0 Å². The maximum absolute atomic E-state index is 12.0. The van der Waals surface area contributed by atoms with Gasteiger partial charge in [0.05, 0.1) is 12.7 Å². The highest BCUT2D eigenvalue weighted by Gasteiger charge is 2.27. The number of urea groups is 1. The summed E-state index contributed by atoms with van der Waals surface area (Å²) in [5, 5.41) is 3.02. The third-order valence-corrected chi connectivity index (χ3v) is 4.13. The summed E-state index contributed by atoms with van der Waals surface area (Å²) in [6.45, 7) is 3.04. The van der Waals surface area contributed by atoms with E-state index in [1.54, 1.807) is 12.1 Å². The van der Waals surface area contributed by atoms with Gasteiger partial charge in [0.25, 0.3) is 0 Å². The van der Waals surface area contributed by atoms with E-state index in [-0.39, 0.29) is 12.0 Å². The van der Waals surface area contributed by atoms with Crippen LogP contribution in [0.1, 0.15) is 23.2 Å². The molecule has 1 N–H and O–H groups in total. The number of benzene rings is 1. The topological polar surface area (TPSA) is 61.9 Å². The van der Waals surface area contributed by atoms with Gasteiger partial charge < -0.3 is 19.9 Å². The van der Waals surface area contributed by atoms with E-state index in [0.717, 1.165) is 44.7 Å². The van der Waals surface area contributed by atoms with E-state index in [0.29, 0.717) is 11.6 Å². The summed E-state index contributed by atoms with van der Waals surface area (Å²) in [4.78, 5) is 27.5. The summed E-state index contributed by atoms with van der Waals surface area (Å²) in [6, 6.07) is 7.85. The Morgan fingerprint density at radius 2 is 1.73 bits per heavy atom. The Morgan fingerprint density at radius 1 is 1.09 bits per heavy atom. The Hall–Kier alpha value is -2.24. The second-order valence-corrected chi connectivity index (χ2v) is 5.74. The predicted molar refractivity (Wildman–Crippen MR) is 83.1 cm³/mol. The molecule has 1 aromatic rings. The summed E-state index contributed by atoms with van der Waals surface area (Å²) < 4.78 is 4.70. The summed E-state index contributed by atoms with van der Waals surface area (Å²) in [7, 11) is 1.38. The van der Waals surface area contributed by atoms with Crippen LogP contribution in [-0.4, -0.2) is 56.2 Å². The van der Waals surface area contributed by atoms with Gasteiger partial charge in [-0.25, -0.2) is 9.59 Å². The molecular formula is C16H21N3O3. The number of hydrogen-bond donors (Lipinski definition) is 1. The highest BCUT2D eigenvalue weighted by molar-refractivity contribution is 5.89. The molecule has 1 aliphatic heterocycles. The van der Waals surface area contributed by atoms with E-state index in [1.807, 2.05) is 17.0 Å². The molecule has 1 aromatic carbocycles. The van der Waals surface area contributed by atoms with E-state index in [4.69, 9.17) is 4.74 Å². The van der Waals surface area contributed by atoms with E-state index in [9.17, 15) is 9.59 Å². The number of hydrogen-bond acceptors (Lipinski definition) is 4. The van der Waals surface area contributed by atoms with Gasteiger partial charge >= 0.3 is 12.0 Å². The number of methoxy groups -OCH3 is 1. The molecule has 22 heavy (non-hydrogen) atoms. The molecule has 1 aliphatic carbocycles. The number of esters is 1. The van der Waals surface area contributed by atoms with Gasteiger partial charge in [0.1, 0.15) is 0 Å². The summed E-state index contributed by atoms with van der Waals surface area (Å²) >= 11 is 0. The van der Waals surface area contributed by atoms with Crippen molar-refractivity contribution in [2.45, 2.75) is 18.9 Å². The molecule has 0 unspecified atom stereocenters. The van der Waals surface area contributed by atoms with Crippen LogP contribution < -0.4 is 10.2 Å². The number of nitrogens with one attached hydrogen (secondary N) is 1. The van der Waals surface area contributed by atoms with Crippen LogP contribution in [0, 0.1) is 0 Å². The molecule has 1 saturated carbocycles. The van der Waals surface area contributed by atoms with E-state index < -0.39 is 0 Å². The van der Waals surface area contributed by atoms with Gasteiger partial charge in [-0.05, 0) is 37.1 Å². The number of amides is 2. The summed E-state index contributed by atoms with van der Waals surface area (Å²) in [5.41, 5.74) is 1.61. The fraction of sp³-hybridized carbons (Fsp3) is 0.500. The first-order valence-electron chi connectivity index (χ1n) is 7.66. The molecule has 3 rings (SSSR count). The van der Waals surface area contributed by atoms with E-state index in [1.165, 1.54) is 7.11 Å². The number of carbonyl (C=O) groups excluding carboxylic acids is 2. The van der Waals surface area contributed by atoms with Crippen molar-refractivity contribution < 1.29 is 14.3 Å². The minimum absolute atomic E-state index is 0.0585. The van der Waals surface area contributed by atoms with Crippen molar-refractivity contribution in [2.75, 3.05) is 38.2 Å². The lowest BCUT2D eigenvalue weighted by Crippen LogP contribution is -2.52. The van der Waals surface area contributed by atoms with Crippen LogP contribution in [0.25, 0.3) is 0 Å². The van der Waals surface area contributed by atoms with Crippen LogP contribution in [0.2, 0.25) is 0 Å². The summed E-state index contributed by atoms with van der Waals surface area (Å²) in [5.74, 6) is -0.326. The van der Waals surface area contributed by atoms with Crippen molar-refractivity contribution in [3.8, 4) is 0 Å². The van der Waals surface area contributed by atoms with Crippen LogP contribution in [0.15, 0.2) is 24.3 Å². The second kappa shape index (κ2) is 6.25. The molecule has 1 saturated heterocycles. The summed E-state index contributed by atoms with van der Waals surface area (Å²) in [6.07, 6.45) is 2.22. The van der Waals surface area contributed by atoms with Gasteiger partial charge in [0, 0.05) is 37.9 Å². The molecular weight excluding hydrogens is 282 g/mol. The molecule has 2 amide bonds. The Kier molecular flexibility index (Phi) is 4.18. The molecule has 118 valence electrons. The number of nitrogens with zero attached hydrogens (tertiary/aromatic N) is 2. The lowest BCUT2D eigenvalue weighted by atomic mass is 10.2. The van der Waals surface area contributed by atoms with Gasteiger partial charge in [0.15, 0.2) is 0 Å². The van der Waals surface area contributed by atoms with Crippen LogP contribution >= 0.6 is 0 Å². The normalized spacial score (nSPS) is 18.0. The monoisotopic (exact) mass is 303 g/mol. The molecule has 1 heterocycles. The zero-order chi connectivity index (χ0) is 15.5. The maximum Gasteiger partial charge on any atom is 0.337 e.